The minimum Gasteiger partial charge on any atom is -0.504 e. The molecule has 1 aromatic rings. The Morgan fingerprint density at radius 3 is 1.57 bits per heavy atom. The highest BCUT2D eigenvalue weighted by atomic mass is 16.6. The van der Waals surface area contributed by atoms with E-state index in [1.807, 2.05) is 0 Å². The lowest BCUT2D eigenvalue weighted by Gasteiger charge is -2.50. The monoisotopic (exact) mass is 833 g/mol. The second-order valence-corrected chi connectivity index (χ2v) is 19.3. The molecule has 340 valence electrons. The molecule has 2 N–H and O–H groups in total. The van der Waals surface area contributed by atoms with E-state index in [0.717, 1.165) is 114 Å². The number of ether oxygens (including phenoxy) is 2. The van der Waals surface area contributed by atoms with Crippen LogP contribution in [0.5, 0.6) is 17.2 Å². The number of unbranched alkanes of at least 4 members (excludes halogenated alkanes) is 22. The van der Waals surface area contributed by atoms with Crippen molar-refractivity contribution in [3.63, 3.8) is 0 Å². The van der Waals surface area contributed by atoms with Crippen molar-refractivity contribution in [3.8, 4) is 17.2 Å². The summed E-state index contributed by atoms with van der Waals surface area (Å²) in [5.74, 6) is 0.366. The maximum Gasteiger partial charge on any atom is 0.311 e. The molecule has 2 saturated carbocycles. The van der Waals surface area contributed by atoms with Crippen LogP contribution in [-0.2, 0) is 16.0 Å². The van der Waals surface area contributed by atoms with Crippen LogP contribution in [0.15, 0.2) is 30.4 Å². The molecule has 0 aromatic heterocycles. The van der Waals surface area contributed by atoms with E-state index in [4.69, 9.17) is 9.47 Å². The minimum atomic E-state index is -0.389. The molecule has 0 spiro atoms. The van der Waals surface area contributed by atoms with E-state index in [9.17, 15) is 19.8 Å². The number of fused-ring (bicyclic) bond motifs is 5. The fraction of sp³-hybridized carbons (Fsp3) is 0.778. The lowest BCUT2D eigenvalue weighted by atomic mass is 9.55. The third kappa shape index (κ3) is 16.6. The normalized spacial score (nSPS) is 22.3. The van der Waals surface area contributed by atoms with Crippen molar-refractivity contribution in [1.29, 1.82) is 0 Å². The summed E-state index contributed by atoms with van der Waals surface area (Å²) in [5.41, 5.74) is 1.86. The number of esters is 2. The van der Waals surface area contributed by atoms with Crippen molar-refractivity contribution in [1.82, 2.24) is 0 Å². The molecule has 0 radical (unpaired) electrons. The molecule has 3 aliphatic carbocycles. The summed E-state index contributed by atoms with van der Waals surface area (Å²) < 4.78 is 12.2. The second-order valence-electron chi connectivity index (χ2n) is 19.3. The molecule has 5 atom stereocenters. The third-order valence-corrected chi connectivity index (χ3v) is 14.6. The Hall–Kier alpha value is -2.60. The van der Waals surface area contributed by atoms with Crippen molar-refractivity contribution < 1.29 is 29.3 Å². The van der Waals surface area contributed by atoms with E-state index in [0.29, 0.717) is 18.3 Å². The largest absolute Gasteiger partial charge is 0.504 e. The standard InChI is InChI=1S/C54H88O6/c1-4-6-8-10-12-14-16-18-20-22-24-26-28-30-32-34-49(57)59-52-47(55)42-43-36-37-44-45(40-41-54(3)46(44)38-39-48(54)56)51(43)53(52)60-50(58)35-33-31-29-27-25-23-21-19-17-15-13-11-9-7-5-2/h18-21,42,44-46,48,55-56H,4-17,22-41H2,1-3H3/b20-18-,21-19-/t44-,45-,46-,48-,54-/m0/s1. The van der Waals surface area contributed by atoms with E-state index in [1.165, 1.54) is 103 Å². The summed E-state index contributed by atoms with van der Waals surface area (Å²) in [5, 5.41) is 22.3. The van der Waals surface area contributed by atoms with Crippen molar-refractivity contribution >= 4 is 11.9 Å². The molecule has 2 fully saturated rings. The zero-order valence-electron chi connectivity index (χ0n) is 38.8. The van der Waals surface area contributed by atoms with Gasteiger partial charge in [-0.1, -0.05) is 148 Å². The Morgan fingerprint density at radius 1 is 0.617 bits per heavy atom. The number of allylic oxidation sites excluding steroid dienone is 4. The van der Waals surface area contributed by atoms with E-state index in [2.05, 4.69) is 45.1 Å². The third-order valence-electron chi connectivity index (χ3n) is 14.6. The smallest absolute Gasteiger partial charge is 0.311 e. The van der Waals surface area contributed by atoms with Gasteiger partial charge in [-0.2, -0.15) is 0 Å². The summed E-state index contributed by atoms with van der Waals surface area (Å²) in [6.07, 6.45) is 46.0. The predicted octanol–water partition coefficient (Wildman–Crippen LogP) is 15.5. The van der Waals surface area contributed by atoms with Crippen LogP contribution in [0, 0.1) is 17.3 Å². The van der Waals surface area contributed by atoms with Gasteiger partial charge in [0, 0.05) is 18.4 Å². The number of hydrogen-bond donors (Lipinski definition) is 2. The Kier molecular flexibility index (Phi) is 24.1. The number of benzene rings is 1. The van der Waals surface area contributed by atoms with Crippen LogP contribution in [0.25, 0.3) is 0 Å². The number of phenols is 1. The topological polar surface area (TPSA) is 93.1 Å². The molecule has 3 aliphatic rings. The van der Waals surface area contributed by atoms with Gasteiger partial charge in [-0.15, -0.1) is 0 Å². The number of aliphatic hydroxyl groups excluding tert-OH is 1. The van der Waals surface area contributed by atoms with E-state index in [1.54, 1.807) is 6.07 Å². The zero-order chi connectivity index (χ0) is 42.8. The molecule has 0 aliphatic heterocycles. The lowest BCUT2D eigenvalue weighted by molar-refractivity contribution is -0.137. The number of carbonyl (C=O) groups is 2. The first-order valence-electron chi connectivity index (χ1n) is 25.6. The molecule has 0 bridgehead atoms. The van der Waals surface area contributed by atoms with Gasteiger partial charge < -0.3 is 19.7 Å². The Bertz CT molecular complexity index is 1430. The summed E-state index contributed by atoms with van der Waals surface area (Å²) in [6, 6.07) is 1.76. The number of phenolic OH excluding ortho intramolecular Hbond substituents is 1. The van der Waals surface area contributed by atoms with Gasteiger partial charge in [-0.25, -0.2) is 0 Å². The van der Waals surface area contributed by atoms with E-state index < -0.39 is 0 Å². The van der Waals surface area contributed by atoms with Crippen LogP contribution in [0.3, 0.4) is 0 Å². The van der Waals surface area contributed by atoms with Crippen LogP contribution in [0.4, 0.5) is 0 Å². The first-order valence-corrected chi connectivity index (χ1v) is 25.6. The van der Waals surface area contributed by atoms with Gasteiger partial charge in [-0.3, -0.25) is 9.59 Å². The molecule has 1 aromatic carbocycles. The highest BCUT2D eigenvalue weighted by molar-refractivity contribution is 5.79. The first kappa shape index (κ1) is 50.0. The van der Waals surface area contributed by atoms with Gasteiger partial charge in [0.15, 0.2) is 11.5 Å². The van der Waals surface area contributed by atoms with Gasteiger partial charge in [0.2, 0.25) is 5.75 Å². The minimum absolute atomic E-state index is 0.0184. The van der Waals surface area contributed by atoms with Gasteiger partial charge in [0.05, 0.1) is 6.10 Å². The number of carbonyl (C=O) groups excluding carboxylic acids is 2. The number of aliphatic hydroxyl groups is 1. The van der Waals surface area contributed by atoms with E-state index >= 15 is 0 Å². The Labute approximate surface area is 367 Å². The van der Waals surface area contributed by atoms with Gasteiger partial charge >= 0.3 is 11.9 Å². The van der Waals surface area contributed by atoms with Crippen LogP contribution in [-0.4, -0.2) is 28.3 Å². The fourth-order valence-electron chi connectivity index (χ4n) is 10.9. The van der Waals surface area contributed by atoms with Gasteiger partial charge in [0.25, 0.3) is 0 Å². The van der Waals surface area contributed by atoms with Crippen LogP contribution >= 0.6 is 0 Å². The van der Waals surface area contributed by atoms with Crippen molar-refractivity contribution in [3.05, 3.63) is 41.5 Å². The van der Waals surface area contributed by atoms with Gasteiger partial charge in [0.1, 0.15) is 0 Å². The second kappa shape index (κ2) is 28.9. The zero-order valence-corrected chi connectivity index (χ0v) is 38.8. The molecular weight excluding hydrogens is 745 g/mol. The van der Waals surface area contributed by atoms with Crippen molar-refractivity contribution in [2.45, 2.75) is 251 Å². The van der Waals surface area contributed by atoms with Crippen molar-refractivity contribution in [2.75, 3.05) is 0 Å². The molecule has 60 heavy (non-hydrogen) atoms. The molecule has 0 heterocycles. The molecule has 6 nitrogen and oxygen atoms in total. The molecule has 6 heteroatoms. The maximum absolute atomic E-state index is 13.6. The average Bonchev–Trinajstić information content (AvgIpc) is 3.55. The fourth-order valence-corrected chi connectivity index (χ4v) is 10.9. The maximum atomic E-state index is 13.6. The summed E-state index contributed by atoms with van der Waals surface area (Å²) >= 11 is 0. The lowest BCUT2D eigenvalue weighted by Crippen LogP contribution is -2.44. The summed E-state index contributed by atoms with van der Waals surface area (Å²) in [4.78, 5) is 26.9. The average molecular weight is 833 g/mol. The summed E-state index contributed by atoms with van der Waals surface area (Å²) in [6.45, 7) is 6.79. The Balaban J connectivity index is 1.25. The van der Waals surface area contributed by atoms with Gasteiger partial charge in [-0.05, 0) is 138 Å². The summed E-state index contributed by atoms with van der Waals surface area (Å²) in [7, 11) is 0. The highest BCUT2D eigenvalue weighted by Gasteiger charge is 2.55. The molecule has 4 rings (SSSR count). The van der Waals surface area contributed by atoms with Crippen LogP contribution in [0.1, 0.15) is 250 Å². The number of rotatable bonds is 32. The van der Waals surface area contributed by atoms with Crippen LogP contribution in [0.2, 0.25) is 0 Å². The quantitative estimate of drug-likeness (QED) is 0.0325. The Morgan fingerprint density at radius 2 is 1.07 bits per heavy atom. The SMILES string of the molecule is CCCCCCCC/C=C\CCCCCCCC(=O)Oc1c(O)cc2c(c1OC(=O)CCCCCCC/C=C\CCCCCCCC)[C@H]1CC[C@]3(C)[C@@H](O)CC[C@H]3[C@H]1CC2. The molecule has 0 amide bonds. The van der Waals surface area contributed by atoms with E-state index in [-0.39, 0.29) is 53.0 Å². The number of hydrogen-bond acceptors (Lipinski definition) is 6. The van der Waals surface area contributed by atoms with Crippen LogP contribution < -0.4 is 9.47 Å². The number of aryl methyl sites for hydroxylation is 1. The van der Waals surface area contributed by atoms with Crippen molar-refractivity contribution in [2.24, 2.45) is 17.3 Å². The molecular formula is C54H88O6. The number of aromatic hydroxyl groups is 1. The highest BCUT2D eigenvalue weighted by Crippen LogP contribution is 2.63. The first-order chi connectivity index (χ1) is 29.3. The predicted molar refractivity (Wildman–Crippen MR) is 249 cm³/mol. The molecule has 0 saturated heterocycles. The molecule has 0 unspecified atom stereocenters.